The predicted molar refractivity (Wildman–Crippen MR) is 61.1 cm³/mol. The lowest BCUT2D eigenvalue weighted by Crippen LogP contribution is -2.29. The molecule has 0 saturated heterocycles. The zero-order valence-corrected chi connectivity index (χ0v) is 8.66. The van der Waals surface area contributed by atoms with E-state index in [0.29, 0.717) is 5.56 Å². The Hall–Kier alpha value is -1.65. The first-order valence-electron chi connectivity index (χ1n) is 4.70. The van der Waals surface area contributed by atoms with E-state index in [2.05, 4.69) is 10.7 Å². The van der Waals surface area contributed by atoms with Crippen molar-refractivity contribution < 1.29 is 4.79 Å². The molecule has 0 heterocycles. The standard InChI is InChI=1S/C11H15N3O/c1-13-8-2-3-9-4-6-10(7-5-9)11(15)14-12/h2-7,13H,8,12H2,1H3,(H,14,15). The van der Waals surface area contributed by atoms with Gasteiger partial charge < -0.3 is 5.32 Å². The van der Waals surface area contributed by atoms with Gasteiger partial charge in [0.15, 0.2) is 0 Å². The molecule has 0 spiro atoms. The molecule has 1 aromatic rings. The number of rotatable bonds is 4. The Morgan fingerprint density at radius 2 is 2.07 bits per heavy atom. The summed E-state index contributed by atoms with van der Waals surface area (Å²) in [4.78, 5) is 11.1. The van der Waals surface area contributed by atoms with Gasteiger partial charge in [-0.2, -0.15) is 0 Å². The molecule has 4 N–H and O–H groups in total. The molecule has 0 aromatic heterocycles. The lowest BCUT2D eigenvalue weighted by atomic mass is 10.1. The number of likely N-dealkylation sites (N-methyl/N-ethyl adjacent to an activating group) is 1. The van der Waals surface area contributed by atoms with Gasteiger partial charge in [-0.05, 0) is 24.7 Å². The molecule has 1 amide bonds. The fourth-order valence-corrected chi connectivity index (χ4v) is 1.14. The van der Waals surface area contributed by atoms with Crippen LogP contribution in [0.4, 0.5) is 0 Å². The first-order chi connectivity index (χ1) is 7.27. The largest absolute Gasteiger partial charge is 0.316 e. The first-order valence-corrected chi connectivity index (χ1v) is 4.70. The van der Waals surface area contributed by atoms with E-state index in [1.807, 2.05) is 31.3 Å². The number of hydrogen-bond acceptors (Lipinski definition) is 3. The molecule has 0 aliphatic heterocycles. The lowest BCUT2D eigenvalue weighted by molar-refractivity contribution is 0.0953. The number of hydrazine groups is 1. The van der Waals surface area contributed by atoms with E-state index in [0.717, 1.165) is 12.1 Å². The van der Waals surface area contributed by atoms with Crippen LogP contribution in [0.25, 0.3) is 6.08 Å². The van der Waals surface area contributed by atoms with Crippen LogP contribution in [-0.2, 0) is 0 Å². The average molecular weight is 205 g/mol. The summed E-state index contributed by atoms with van der Waals surface area (Å²) >= 11 is 0. The van der Waals surface area contributed by atoms with Crippen LogP contribution in [0.5, 0.6) is 0 Å². The van der Waals surface area contributed by atoms with Crippen LogP contribution in [0.3, 0.4) is 0 Å². The van der Waals surface area contributed by atoms with Crippen molar-refractivity contribution in [1.29, 1.82) is 0 Å². The molecule has 0 bridgehead atoms. The Labute approximate surface area is 89.1 Å². The zero-order valence-electron chi connectivity index (χ0n) is 8.66. The summed E-state index contributed by atoms with van der Waals surface area (Å²) in [5.74, 6) is 4.74. The van der Waals surface area contributed by atoms with E-state index in [9.17, 15) is 4.79 Å². The first kappa shape index (κ1) is 11.4. The van der Waals surface area contributed by atoms with E-state index in [-0.39, 0.29) is 5.91 Å². The highest BCUT2D eigenvalue weighted by molar-refractivity contribution is 5.93. The minimum absolute atomic E-state index is 0.277. The predicted octanol–water partition coefficient (Wildman–Crippen LogP) is 0.523. The maximum absolute atomic E-state index is 11.1. The third-order valence-electron chi connectivity index (χ3n) is 1.94. The number of nitrogen functional groups attached to an aromatic ring is 1. The van der Waals surface area contributed by atoms with Crippen molar-refractivity contribution in [3.05, 3.63) is 41.5 Å². The smallest absolute Gasteiger partial charge is 0.265 e. The molecule has 15 heavy (non-hydrogen) atoms. The molecule has 0 atom stereocenters. The van der Waals surface area contributed by atoms with Crippen LogP contribution in [0, 0.1) is 0 Å². The van der Waals surface area contributed by atoms with Gasteiger partial charge in [-0.1, -0.05) is 24.3 Å². The number of hydrogen-bond donors (Lipinski definition) is 3. The van der Waals surface area contributed by atoms with E-state index >= 15 is 0 Å². The molecule has 0 saturated carbocycles. The van der Waals surface area contributed by atoms with Crippen LogP contribution < -0.4 is 16.6 Å². The van der Waals surface area contributed by atoms with E-state index in [1.165, 1.54) is 0 Å². The van der Waals surface area contributed by atoms with Gasteiger partial charge >= 0.3 is 0 Å². The Morgan fingerprint density at radius 3 is 2.60 bits per heavy atom. The van der Waals surface area contributed by atoms with Crippen molar-refractivity contribution in [2.45, 2.75) is 0 Å². The highest BCUT2D eigenvalue weighted by atomic mass is 16.2. The SMILES string of the molecule is CNCC=Cc1ccc(C(=O)NN)cc1. The molecule has 0 unspecified atom stereocenters. The summed E-state index contributed by atoms with van der Waals surface area (Å²) < 4.78 is 0. The van der Waals surface area contributed by atoms with Gasteiger partial charge in [-0.3, -0.25) is 10.2 Å². The number of benzene rings is 1. The van der Waals surface area contributed by atoms with Crippen molar-refractivity contribution in [1.82, 2.24) is 10.7 Å². The molecule has 1 aromatic carbocycles. The minimum atomic E-state index is -0.277. The number of carbonyl (C=O) groups excluding carboxylic acids is 1. The fraction of sp³-hybridized carbons (Fsp3) is 0.182. The molecular formula is C11H15N3O. The highest BCUT2D eigenvalue weighted by Gasteiger charge is 2.00. The van der Waals surface area contributed by atoms with Gasteiger partial charge in [0.25, 0.3) is 5.91 Å². The Bertz CT molecular complexity index is 343. The van der Waals surface area contributed by atoms with Crippen LogP contribution >= 0.6 is 0 Å². The molecule has 4 heteroatoms. The van der Waals surface area contributed by atoms with Gasteiger partial charge in [-0.25, -0.2) is 5.84 Å². The second-order valence-electron chi connectivity index (χ2n) is 3.06. The summed E-state index contributed by atoms with van der Waals surface area (Å²) in [6.45, 7) is 0.824. The third kappa shape index (κ3) is 3.53. The van der Waals surface area contributed by atoms with E-state index < -0.39 is 0 Å². The topological polar surface area (TPSA) is 67.2 Å². The Kier molecular flexibility index (Phi) is 4.53. The Morgan fingerprint density at radius 1 is 1.40 bits per heavy atom. The molecule has 80 valence electrons. The van der Waals surface area contributed by atoms with Crippen molar-refractivity contribution in [3.8, 4) is 0 Å². The van der Waals surface area contributed by atoms with Crippen molar-refractivity contribution in [3.63, 3.8) is 0 Å². The Balaban J connectivity index is 2.68. The lowest BCUT2D eigenvalue weighted by Gasteiger charge is -1.99. The molecule has 0 aliphatic carbocycles. The number of nitrogens with one attached hydrogen (secondary N) is 2. The minimum Gasteiger partial charge on any atom is -0.316 e. The van der Waals surface area contributed by atoms with Crippen molar-refractivity contribution in [2.24, 2.45) is 5.84 Å². The second kappa shape index (κ2) is 5.95. The molecule has 0 aliphatic rings. The summed E-state index contributed by atoms with van der Waals surface area (Å²) in [5.41, 5.74) is 3.70. The quantitative estimate of drug-likeness (QED) is 0.381. The van der Waals surface area contributed by atoms with Crippen LogP contribution in [-0.4, -0.2) is 19.5 Å². The third-order valence-corrected chi connectivity index (χ3v) is 1.94. The monoisotopic (exact) mass is 205 g/mol. The normalized spacial score (nSPS) is 10.5. The maximum atomic E-state index is 11.1. The highest BCUT2D eigenvalue weighted by Crippen LogP contribution is 2.05. The van der Waals surface area contributed by atoms with Crippen LogP contribution in [0.15, 0.2) is 30.3 Å². The molecule has 0 fully saturated rings. The summed E-state index contributed by atoms with van der Waals surface area (Å²) in [6.07, 6.45) is 4.00. The molecular weight excluding hydrogens is 190 g/mol. The maximum Gasteiger partial charge on any atom is 0.265 e. The number of amides is 1. The summed E-state index contributed by atoms with van der Waals surface area (Å²) in [5, 5.41) is 3.01. The van der Waals surface area contributed by atoms with Crippen molar-refractivity contribution in [2.75, 3.05) is 13.6 Å². The molecule has 0 radical (unpaired) electrons. The summed E-state index contributed by atoms with van der Waals surface area (Å²) in [6, 6.07) is 7.22. The summed E-state index contributed by atoms with van der Waals surface area (Å²) in [7, 11) is 1.89. The number of carbonyl (C=O) groups is 1. The van der Waals surface area contributed by atoms with Crippen LogP contribution in [0.1, 0.15) is 15.9 Å². The zero-order chi connectivity index (χ0) is 11.1. The van der Waals surface area contributed by atoms with Gasteiger partial charge in [-0.15, -0.1) is 0 Å². The molecule has 1 rings (SSSR count). The average Bonchev–Trinajstić information content (AvgIpc) is 2.29. The van der Waals surface area contributed by atoms with Gasteiger partial charge in [0, 0.05) is 12.1 Å². The molecule has 4 nitrogen and oxygen atoms in total. The second-order valence-corrected chi connectivity index (χ2v) is 3.06. The van der Waals surface area contributed by atoms with Gasteiger partial charge in [0.2, 0.25) is 0 Å². The van der Waals surface area contributed by atoms with Crippen molar-refractivity contribution >= 4 is 12.0 Å². The fourth-order valence-electron chi connectivity index (χ4n) is 1.14. The van der Waals surface area contributed by atoms with Gasteiger partial charge in [0.05, 0.1) is 0 Å². The van der Waals surface area contributed by atoms with E-state index in [1.54, 1.807) is 12.1 Å². The number of nitrogens with two attached hydrogens (primary N) is 1. The van der Waals surface area contributed by atoms with Crippen LogP contribution in [0.2, 0.25) is 0 Å². The van der Waals surface area contributed by atoms with Gasteiger partial charge in [0.1, 0.15) is 0 Å². The van der Waals surface area contributed by atoms with E-state index in [4.69, 9.17) is 5.84 Å².